The molecule has 1 aromatic heterocycles. The highest BCUT2D eigenvalue weighted by molar-refractivity contribution is 7.88. The first-order valence-electron chi connectivity index (χ1n) is 10.2. The van der Waals surface area contributed by atoms with Gasteiger partial charge in [-0.15, -0.1) is 0 Å². The number of hydrogen-bond donors (Lipinski definition) is 2. The van der Waals surface area contributed by atoms with Crippen molar-refractivity contribution in [3.8, 4) is 0 Å². The van der Waals surface area contributed by atoms with Crippen molar-refractivity contribution in [1.29, 1.82) is 0 Å². The highest BCUT2D eigenvalue weighted by atomic mass is 32.2. The second kappa shape index (κ2) is 5.95. The van der Waals surface area contributed by atoms with E-state index in [1.165, 1.54) is 18.2 Å². The van der Waals surface area contributed by atoms with E-state index in [2.05, 4.69) is 0 Å². The molecule has 2 aromatic rings. The molecule has 0 bridgehead atoms. The molecule has 0 spiro atoms. The summed E-state index contributed by atoms with van der Waals surface area (Å²) in [6.45, 7) is -5.88. The van der Waals surface area contributed by atoms with E-state index in [4.69, 9.17) is 12.4 Å². The van der Waals surface area contributed by atoms with E-state index >= 15 is 0 Å². The van der Waals surface area contributed by atoms with E-state index < -0.39 is 35.6 Å². The average Bonchev–Trinajstić information content (AvgIpc) is 2.89. The first-order chi connectivity index (χ1) is 12.9. The predicted molar refractivity (Wildman–Crippen MR) is 82.2 cm³/mol. The zero-order valence-electron chi connectivity index (χ0n) is 20.1. The number of sulfonamides is 1. The summed E-state index contributed by atoms with van der Waals surface area (Å²) in [5, 5.41) is 0.0770. The first-order valence-corrected chi connectivity index (χ1v) is 7.37. The minimum atomic E-state index is -3.93. The van der Waals surface area contributed by atoms with E-state index in [1.54, 1.807) is 0 Å². The van der Waals surface area contributed by atoms with Crippen LogP contribution in [0.5, 0.6) is 0 Å². The second-order valence-electron chi connectivity index (χ2n) is 4.23. The number of fused-ring (bicyclic) bond motifs is 1. The highest BCUT2D eigenvalue weighted by Crippen LogP contribution is 2.21. The average molecular weight is 304 g/mol. The maximum atomic E-state index is 12.0. The van der Waals surface area contributed by atoms with Crippen molar-refractivity contribution < 1.29 is 20.8 Å². The van der Waals surface area contributed by atoms with Crippen LogP contribution in [-0.2, 0) is 22.1 Å². The number of rotatable bonds is 6. The fraction of sp³-hybridized carbons (Fsp3) is 0.429. The van der Waals surface area contributed by atoms with Crippen molar-refractivity contribution in [2.75, 3.05) is 27.6 Å². The number of likely N-dealkylation sites (N-methyl/N-ethyl adjacent to an activating group) is 1. The van der Waals surface area contributed by atoms with Crippen LogP contribution in [0.1, 0.15) is 20.7 Å². The van der Waals surface area contributed by atoms with Crippen LogP contribution in [0.3, 0.4) is 0 Å². The molecule has 0 unspecified atom stereocenters. The Balaban J connectivity index is 2.65. The quantitative estimate of drug-likeness (QED) is 0.846. The van der Waals surface area contributed by atoms with Gasteiger partial charge >= 0.3 is 0 Å². The fourth-order valence-corrected chi connectivity index (χ4v) is 2.45. The number of aromatic nitrogens is 1. The van der Waals surface area contributed by atoms with Gasteiger partial charge in [0.25, 0.3) is 0 Å². The molecule has 0 saturated heterocycles. The molecule has 6 heteroatoms. The molecule has 0 atom stereocenters. The molecule has 1 heterocycles. The number of aromatic amines is 1. The molecular formula is C14H21N3O2S. The number of aryl methyl sites for hydroxylation is 1. The van der Waals surface area contributed by atoms with Crippen LogP contribution in [0.2, 0.25) is 2.82 Å². The Hall–Kier alpha value is -1.37. The van der Waals surface area contributed by atoms with E-state index in [9.17, 15) is 8.42 Å². The van der Waals surface area contributed by atoms with Gasteiger partial charge < -0.3 is 9.88 Å². The number of hydrogen-bond acceptors (Lipinski definition) is 3. The summed E-state index contributed by atoms with van der Waals surface area (Å²) in [4.78, 5) is 1.11. The molecule has 1 aromatic carbocycles. The molecule has 0 aliphatic rings. The van der Waals surface area contributed by atoms with Gasteiger partial charge in [0.05, 0.1) is 5.75 Å². The SMILES string of the molecule is [2H]N(C)S(=O)(=O)Cc1ccc2c(c1)c(C([2H])([2H])C([2H])([2H])N(C)C([2H])([2H])[2H])cn2[2H]. The van der Waals surface area contributed by atoms with Crippen molar-refractivity contribution in [1.82, 2.24) is 14.6 Å². The number of nitrogens with one attached hydrogen (secondary N) is 2. The summed E-state index contributed by atoms with van der Waals surface area (Å²) in [5.74, 6) is -0.545. The lowest BCUT2D eigenvalue weighted by Gasteiger charge is -2.08. The predicted octanol–water partition coefficient (Wildman–Crippen LogP) is 1.32. The Kier molecular flexibility index (Phi) is 2.10. The van der Waals surface area contributed by atoms with Crippen LogP contribution in [-0.4, -0.2) is 45.9 Å². The van der Waals surface area contributed by atoms with Crippen LogP contribution in [0, 0.1) is 0 Å². The third-order valence-electron chi connectivity index (χ3n) is 2.67. The third kappa shape index (κ3) is 3.59. The van der Waals surface area contributed by atoms with Crippen LogP contribution < -0.4 is 4.72 Å². The van der Waals surface area contributed by atoms with Gasteiger partial charge in [-0.05, 0) is 50.7 Å². The zero-order chi connectivity index (χ0) is 22.6. The largest absolute Gasteiger partial charge is 0.361 e. The maximum absolute atomic E-state index is 12.0. The lowest BCUT2D eigenvalue weighted by molar-refractivity contribution is 0.414. The molecular weight excluding hydrogens is 274 g/mol. The minimum Gasteiger partial charge on any atom is -0.361 e. The molecule has 5 nitrogen and oxygen atoms in total. The lowest BCUT2D eigenvalue weighted by Crippen LogP contribution is -2.20. The molecule has 2 N–H and O–H groups in total. The highest BCUT2D eigenvalue weighted by Gasteiger charge is 2.11. The Morgan fingerprint density at radius 1 is 1.60 bits per heavy atom. The molecule has 0 saturated carbocycles. The monoisotopic (exact) mass is 304 g/mol. The number of nitrogens with zero attached hydrogens (tertiary/aromatic N) is 1. The summed E-state index contributed by atoms with van der Waals surface area (Å²) >= 11 is 0. The normalized spacial score (nSPS) is 21.3. The van der Waals surface area contributed by atoms with Crippen LogP contribution in [0.25, 0.3) is 10.9 Å². The Morgan fingerprint density at radius 2 is 2.40 bits per heavy atom. The van der Waals surface area contributed by atoms with Gasteiger partial charge in [0.15, 0.2) is 1.41 Å². The maximum Gasteiger partial charge on any atom is 0.215 e. The third-order valence-corrected chi connectivity index (χ3v) is 3.92. The van der Waals surface area contributed by atoms with E-state index in [0.717, 1.165) is 25.3 Å². The Labute approximate surface area is 132 Å². The Bertz CT molecular complexity index is 1020. The van der Waals surface area contributed by atoms with Crippen LogP contribution >= 0.6 is 0 Å². The smallest absolute Gasteiger partial charge is 0.215 e. The molecule has 20 heavy (non-hydrogen) atoms. The first kappa shape index (κ1) is 7.06. The Morgan fingerprint density at radius 3 is 3.10 bits per heavy atom. The molecule has 0 radical (unpaired) electrons. The van der Waals surface area contributed by atoms with Gasteiger partial charge in [0.1, 0.15) is 1.41 Å². The van der Waals surface area contributed by atoms with Gasteiger partial charge in [-0.2, -0.15) is 0 Å². The summed E-state index contributed by atoms with van der Waals surface area (Å²) in [6.07, 6.45) is -1.82. The minimum absolute atomic E-state index is 0.0770. The van der Waals surface area contributed by atoms with Crippen molar-refractivity contribution >= 4 is 20.9 Å². The van der Waals surface area contributed by atoms with Crippen molar-refractivity contribution in [3.05, 3.63) is 35.5 Å². The standard InChI is InChI=1S/C14H21N3O2S/c1-15-20(18,19)10-11-4-5-14-13(8-11)12(9-16-14)6-7-17(2)3/h4-5,8-9,15-16H,6-7,10H2,1-3H3/i2D3,6D2,7D2/hD2. The van der Waals surface area contributed by atoms with Crippen LogP contribution in [0.15, 0.2) is 24.4 Å². The second-order valence-corrected chi connectivity index (χ2v) is 6.05. The molecule has 110 valence electrons. The summed E-state index contributed by atoms with van der Waals surface area (Å²) in [7, 11) is -1.94. The van der Waals surface area contributed by atoms with E-state index in [1.807, 2.05) is 0 Å². The topological polar surface area (TPSA) is 65.2 Å². The molecule has 0 fully saturated rings. The zero-order valence-corrected chi connectivity index (χ0v) is 11.9. The summed E-state index contributed by atoms with van der Waals surface area (Å²) in [5.41, 5.74) is 0.114. The summed E-state index contributed by atoms with van der Waals surface area (Å²) in [6, 6.07) is 4.11. The van der Waals surface area contributed by atoms with Crippen LogP contribution in [0.4, 0.5) is 0 Å². The van der Waals surface area contributed by atoms with Gasteiger partial charge in [0, 0.05) is 33.2 Å². The van der Waals surface area contributed by atoms with Gasteiger partial charge in [0.2, 0.25) is 10.0 Å². The lowest BCUT2D eigenvalue weighted by atomic mass is 10.1. The van der Waals surface area contributed by atoms with Gasteiger partial charge in [-0.25, -0.2) is 13.1 Å². The molecule has 2 rings (SSSR count). The molecule has 0 aliphatic heterocycles. The summed E-state index contributed by atoms with van der Waals surface area (Å²) < 4.78 is 94.6. The van der Waals surface area contributed by atoms with Gasteiger partial charge in [-0.3, -0.25) is 0 Å². The van der Waals surface area contributed by atoms with Crippen molar-refractivity contribution in [2.24, 2.45) is 0 Å². The van der Waals surface area contributed by atoms with Crippen molar-refractivity contribution in [3.63, 3.8) is 0 Å². The van der Waals surface area contributed by atoms with Gasteiger partial charge in [-0.1, -0.05) is 6.07 Å². The number of benzene rings is 1. The fourth-order valence-electron chi connectivity index (χ4n) is 1.72. The van der Waals surface area contributed by atoms with E-state index in [0.29, 0.717) is 9.62 Å². The van der Waals surface area contributed by atoms with E-state index in [-0.39, 0.29) is 22.0 Å². The number of H-pyrrole nitrogens is 1. The van der Waals surface area contributed by atoms with Crippen molar-refractivity contribution in [2.45, 2.75) is 12.1 Å². The molecule has 0 amide bonds. The molecule has 0 aliphatic carbocycles.